The quantitative estimate of drug-likeness (QED) is 0.189. The van der Waals surface area contributed by atoms with E-state index >= 15 is 0 Å². The molecule has 0 radical (unpaired) electrons. The van der Waals surface area contributed by atoms with Crippen LogP contribution in [0, 0.1) is 46.3 Å². The molecule has 1 aromatic carbocycles. The smallest absolute Gasteiger partial charge is 0.430 e. The minimum absolute atomic E-state index is 0.0702. The lowest BCUT2D eigenvalue weighted by Gasteiger charge is -2.58. The number of benzene rings is 1. The van der Waals surface area contributed by atoms with E-state index in [0.717, 1.165) is 66.8 Å². The van der Waals surface area contributed by atoms with Gasteiger partial charge < -0.3 is 9.47 Å². The second kappa shape index (κ2) is 11.6. The first-order valence-electron chi connectivity index (χ1n) is 16.3. The first kappa shape index (κ1) is 28.7. The fraction of sp³-hybridized carbons (Fsp3) is 0.750. The first-order chi connectivity index (χ1) is 18.6. The van der Waals surface area contributed by atoms with Crippen LogP contribution in [0.1, 0.15) is 118 Å². The Morgan fingerprint density at radius 2 is 1.85 bits per heavy atom. The monoisotopic (exact) mass is 534 g/mol. The fourth-order valence-electron chi connectivity index (χ4n) is 9.84. The molecule has 0 unspecified atom stereocenters. The van der Waals surface area contributed by atoms with E-state index < -0.39 is 6.16 Å². The first-order valence-corrected chi connectivity index (χ1v) is 16.3. The van der Waals surface area contributed by atoms with E-state index in [0.29, 0.717) is 11.2 Å². The van der Waals surface area contributed by atoms with Gasteiger partial charge in [0.05, 0.1) is 0 Å². The third kappa shape index (κ3) is 5.71. The number of fused-ring (bicyclic) bond motifs is 5. The molecule has 0 amide bonds. The predicted octanol–water partition coefficient (Wildman–Crippen LogP) is 10.2. The van der Waals surface area contributed by atoms with Crippen LogP contribution in [-0.4, -0.2) is 12.3 Å². The van der Waals surface area contributed by atoms with Crippen LogP contribution in [0.3, 0.4) is 0 Å². The maximum atomic E-state index is 12.6. The molecular formula is C36H54O3. The Bertz CT molecular complexity index is 1040. The zero-order chi connectivity index (χ0) is 27.8. The Labute approximate surface area is 238 Å². The molecule has 5 rings (SSSR count). The van der Waals surface area contributed by atoms with Gasteiger partial charge in [-0.15, -0.1) is 0 Å². The van der Waals surface area contributed by atoms with Crippen LogP contribution in [0.15, 0.2) is 35.9 Å². The molecule has 0 saturated heterocycles. The predicted molar refractivity (Wildman–Crippen MR) is 160 cm³/mol. The van der Waals surface area contributed by atoms with Crippen molar-refractivity contribution in [2.24, 2.45) is 46.3 Å². The second-order valence-corrected chi connectivity index (χ2v) is 14.6. The Morgan fingerprint density at radius 1 is 1.03 bits per heavy atom. The van der Waals surface area contributed by atoms with Crippen molar-refractivity contribution in [1.82, 2.24) is 0 Å². The highest BCUT2D eigenvalue weighted by Gasteiger charge is 2.59. The van der Waals surface area contributed by atoms with E-state index in [1.54, 1.807) is 5.57 Å². The molecule has 4 aliphatic rings. The maximum absolute atomic E-state index is 12.6. The van der Waals surface area contributed by atoms with Gasteiger partial charge in [0.1, 0.15) is 11.9 Å². The van der Waals surface area contributed by atoms with Gasteiger partial charge in [-0.05, 0) is 115 Å². The molecule has 3 fully saturated rings. The molecule has 3 nitrogen and oxygen atoms in total. The minimum atomic E-state index is -0.556. The summed E-state index contributed by atoms with van der Waals surface area (Å²) < 4.78 is 11.4. The van der Waals surface area contributed by atoms with E-state index in [9.17, 15) is 4.79 Å². The van der Waals surface area contributed by atoms with Crippen LogP contribution in [0.5, 0.6) is 5.75 Å². The standard InChI is InChI=1S/C36H54O3/c1-7-26-12-9-13-28(22-26)38-34(37)39-29-18-20-35(5)27(23-29)14-15-30-32-17-16-31(25(4)11-8-10-24(2)3)36(32,6)21-19-33(30)35/h9,12-14,22,24-25,29-33H,7-8,10-11,15-21,23H2,1-6H3/t25-,29+,30-,31+,32+,33+,35+,36-/m0/s1. The highest BCUT2D eigenvalue weighted by molar-refractivity contribution is 5.64. The molecule has 0 bridgehead atoms. The number of rotatable bonds is 8. The van der Waals surface area contributed by atoms with Crippen LogP contribution < -0.4 is 4.74 Å². The Hall–Kier alpha value is -1.77. The molecule has 1 aromatic rings. The summed E-state index contributed by atoms with van der Waals surface area (Å²) in [5.74, 6) is 5.67. The second-order valence-electron chi connectivity index (χ2n) is 14.6. The third-order valence-electron chi connectivity index (χ3n) is 12.0. The molecule has 4 aliphatic carbocycles. The largest absolute Gasteiger partial charge is 0.514 e. The lowest BCUT2D eigenvalue weighted by atomic mass is 9.47. The lowest BCUT2D eigenvalue weighted by molar-refractivity contribution is -0.0597. The molecule has 216 valence electrons. The van der Waals surface area contributed by atoms with Gasteiger partial charge in [0.25, 0.3) is 0 Å². The Morgan fingerprint density at radius 3 is 2.62 bits per heavy atom. The summed E-state index contributed by atoms with van der Waals surface area (Å²) in [6.07, 6.45) is 16.9. The molecule has 0 aromatic heterocycles. The van der Waals surface area contributed by atoms with Crippen molar-refractivity contribution in [1.29, 1.82) is 0 Å². The number of hydrogen-bond acceptors (Lipinski definition) is 3. The van der Waals surface area contributed by atoms with Crippen molar-refractivity contribution in [3.05, 3.63) is 41.5 Å². The molecule has 39 heavy (non-hydrogen) atoms. The summed E-state index contributed by atoms with van der Waals surface area (Å²) in [6.45, 7) is 14.6. The average molecular weight is 535 g/mol. The van der Waals surface area contributed by atoms with E-state index in [4.69, 9.17) is 9.47 Å². The lowest BCUT2D eigenvalue weighted by Crippen LogP contribution is -2.51. The summed E-state index contributed by atoms with van der Waals surface area (Å²) in [5.41, 5.74) is 3.51. The van der Waals surface area contributed by atoms with Crippen LogP contribution in [0.4, 0.5) is 4.79 Å². The van der Waals surface area contributed by atoms with Gasteiger partial charge in [-0.2, -0.15) is 0 Å². The van der Waals surface area contributed by atoms with Gasteiger partial charge in [-0.3, -0.25) is 0 Å². The number of hydrogen-bond donors (Lipinski definition) is 0. The van der Waals surface area contributed by atoms with E-state index in [1.165, 1.54) is 51.4 Å². The van der Waals surface area contributed by atoms with Crippen molar-refractivity contribution in [3.63, 3.8) is 0 Å². The SMILES string of the molecule is CCc1cccc(OC(=O)O[C@@H]2CC[C@]3(C)C(=CC[C@H]4[C@H]5CC[C@H]([C@@H](C)CCCC(C)C)[C@]5(C)CC[C@H]43)C2)c1. The zero-order valence-electron chi connectivity index (χ0n) is 25.6. The number of carbonyl (C=O) groups excluding carboxylic acids is 1. The normalized spacial score (nSPS) is 36.4. The highest BCUT2D eigenvalue weighted by Crippen LogP contribution is 2.67. The number of allylic oxidation sites excluding steroid dienone is 1. The molecular weight excluding hydrogens is 480 g/mol. The van der Waals surface area contributed by atoms with Crippen molar-refractivity contribution in [2.75, 3.05) is 0 Å². The van der Waals surface area contributed by atoms with Crippen molar-refractivity contribution in [2.45, 2.75) is 125 Å². The molecule has 0 N–H and O–H groups in total. The summed E-state index contributed by atoms with van der Waals surface area (Å²) in [5, 5.41) is 0. The van der Waals surface area contributed by atoms with Crippen LogP contribution in [0.2, 0.25) is 0 Å². The Kier molecular flexibility index (Phi) is 8.56. The summed E-state index contributed by atoms with van der Waals surface area (Å²) >= 11 is 0. The molecule has 3 saturated carbocycles. The third-order valence-corrected chi connectivity index (χ3v) is 12.0. The van der Waals surface area contributed by atoms with E-state index in [2.05, 4.69) is 53.7 Å². The molecule has 8 atom stereocenters. The Balaban J connectivity index is 1.21. The van der Waals surface area contributed by atoms with Crippen molar-refractivity contribution in [3.8, 4) is 5.75 Å². The minimum Gasteiger partial charge on any atom is -0.430 e. The van der Waals surface area contributed by atoms with Gasteiger partial charge >= 0.3 is 6.16 Å². The summed E-state index contributed by atoms with van der Waals surface area (Å²) in [7, 11) is 0. The fourth-order valence-corrected chi connectivity index (χ4v) is 9.84. The van der Waals surface area contributed by atoms with Gasteiger partial charge in [0.2, 0.25) is 0 Å². The van der Waals surface area contributed by atoms with Crippen LogP contribution in [0.25, 0.3) is 0 Å². The molecule has 0 aliphatic heterocycles. The number of carbonyl (C=O) groups is 1. The number of aryl methyl sites for hydroxylation is 1. The van der Waals surface area contributed by atoms with Gasteiger partial charge in [0.15, 0.2) is 0 Å². The zero-order valence-corrected chi connectivity index (χ0v) is 25.6. The summed E-state index contributed by atoms with van der Waals surface area (Å²) in [4.78, 5) is 12.6. The molecule has 0 spiro atoms. The highest BCUT2D eigenvalue weighted by atomic mass is 16.7. The van der Waals surface area contributed by atoms with Crippen LogP contribution in [-0.2, 0) is 11.2 Å². The average Bonchev–Trinajstić information content (AvgIpc) is 3.26. The van der Waals surface area contributed by atoms with Crippen LogP contribution >= 0.6 is 0 Å². The number of ether oxygens (including phenoxy) is 2. The summed E-state index contributed by atoms with van der Waals surface area (Å²) in [6, 6.07) is 7.75. The maximum Gasteiger partial charge on any atom is 0.514 e. The van der Waals surface area contributed by atoms with E-state index in [-0.39, 0.29) is 11.5 Å². The topological polar surface area (TPSA) is 35.5 Å². The molecule has 3 heteroatoms. The van der Waals surface area contributed by atoms with Gasteiger partial charge in [-0.25, -0.2) is 4.79 Å². The van der Waals surface area contributed by atoms with Gasteiger partial charge in [-0.1, -0.05) is 84.6 Å². The van der Waals surface area contributed by atoms with Crippen molar-refractivity contribution >= 4 is 6.16 Å². The molecule has 0 heterocycles. The van der Waals surface area contributed by atoms with Crippen molar-refractivity contribution < 1.29 is 14.3 Å². The van der Waals surface area contributed by atoms with Gasteiger partial charge in [0, 0.05) is 6.42 Å². The van der Waals surface area contributed by atoms with E-state index in [1.807, 2.05) is 18.2 Å².